The number of rotatable bonds is 3. The average Bonchev–Trinajstić information content (AvgIpc) is 2.41. The van der Waals surface area contributed by atoms with Gasteiger partial charge in [0.25, 0.3) is 0 Å². The molecule has 108 valence electrons. The summed E-state index contributed by atoms with van der Waals surface area (Å²) in [5.41, 5.74) is 8.19. The molecule has 2 aromatic carbocycles. The number of aryl methyl sites for hydroxylation is 1. The van der Waals surface area contributed by atoms with Crippen LogP contribution >= 0.6 is 11.6 Å². The number of hydrogen-bond acceptors (Lipinski definition) is 2. The highest BCUT2D eigenvalue weighted by atomic mass is 35.5. The monoisotopic (exact) mass is 293 g/mol. The zero-order valence-electron chi connectivity index (χ0n) is 11.5. The van der Waals surface area contributed by atoms with Gasteiger partial charge in [-0.25, -0.2) is 0 Å². The van der Waals surface area contributed by atoms with Crippen LogP contribution in [0.15, 0.2) is 30.3 Å². The van der Waals surface area contributed by atoms with Crippen molar-refractivity contribution >= 4 is 22.4 Å². The molecule has 0 fully saturated rings. The van der Waals surface area contributed by atoms with Gasteiger partial charge >= 0.3 is 0 Å². The second-order valence-corrected chi connectivity index (χ2v) is 5.74. The van der Waals surface area contributed by atoms with E-state index in [9.17, 15) is 0 Å². The van der Waals surface area contributed by atoms with Crippen molar-refractivity contribution in [2.24, 2.45) is 5.73 Å². The maximum absolute atomic E-state index is 5.98. The first kappa shape index (κ1) is 15.1. The summed E-state index contributed by atoms with van der Waals surface area (Å²) in [6.45, 7) is 0. The Kier molecular flexibility index (Phi) is 4.53. The Morgan fingerprint density at radius 3 is 2.85 bits per heavy atom. The summed E-state index contributed by atoms with van der Waals surface area (Å²) < 4.78 is 5.50. The van der Waals surface area contributed by atoms with Gasteiger partial charge in [-0.1, -0.05) is 24.3 Å². The number of ether oxygens (including phenoxy) is 1. The molecule has 0 amide bonds. The van der Waals surface area contributed by atoms with Crippen molar-refractivity contribution in [2.75, 3.05) is 7.11 Å². The highest BCUT2D eigenvalue weighted by Gasteiger charge is 2.24. The smallest absolute Gasteiger partial charge is 0.122 e. The molecule has 0 saturated carbocycles. The molecule has 2 atom stereocenters. The second-order valence-electron chi connectivity index (χ2n) is 5.18. The molecule has 4 heteroatoms. The molecule has 0 heterocycles. The number of hydrogen-bond donors (Lipinski definition) is 1. The summed E-state index contributed by atoms with van der Waals surface area (Å²) in [6, 6.07) is 10.7. The maximum Gasteiger partial charge on any atom is 0.122 e. The third kappa shape index (κ3) is 2.49. The Bertz CT molecular complexity index is 613. The van der Waals surface area contributed by atoms with Gasteiger partial charge in [0.05, 0.1) is 12.6 Å². The Labute approximate surface area is 124 Å². The van der Waals surface area contributed by atoms with E-state index >= 15 is 0 Å². The molecule has 3 nitrogen and oxygen atoms in total. The van der Waals surface area contributed by atoms with Gasteiger partial charge in [-0.2, -0.15) is 0 Å². The molecule has 1 aliphatic rings. The lowest BCUT2D eigenvalue weighted by atomic mass is 9.79. The van der Waals surface area contributed by atoms with Gasteiger partial charge in [0.2, 0.25) is 0 Å². The van der Waals surface area contributed by atoms with E-state index in [0.717, 1.165) is 25.0 Å². The SMILES string of the molecule is COc1ccc2cccc3c2c1CCC3CC(N)Cl.O. The highest BCUT2D eigenvalue weighted by molar-refractivity contribution is 6.20. The summed E-state index contributed by atoms with van der Waals surface area (Å²) in [4.78, 5) is 0. The molecule has 3 rings (SSSR count). The molecule has 1 aliphatic carbocycles. The van der Waals surface area contributed by atoms with Gasteiger partial charge in [-0.15, -0.1) is 11.6 Å². The van der Waals surface area contributed by atoms with Crippen LogP contribution in [0.2, 0.25) is 0 Å². The highest BCUT2D eigenvalue weighted by Crippen LogP contribution is 2.42. The summed E-state index contributed by atoms with van der Waals surface area (Å²) in [7, 11) is 1.74. The van der Waals surface area contributed by atoms with E-state index in [1.54, 1.807) is 7.11 Å². The average molecular weight is 294 g/mol. The zero-order valence-corrected chi connectivity index (χ0v) is 12.3. The molecule has 0 bridgehead atoms. The minimum absolute atomic E-state index is 0. The Hall–Kier alpha value is -1.29. The first-order valence-corrected chi connectivity index (χ1v) is 7.12. The first-order valence-electron chi connectivity index (χ1n) is 6.69. The Morgan fingerprint density at radius 2 is 2.15 bits per heavy atom. The van der Waals surface area contributed by atoms with Gasteiger partial charge in [0, 0.05) is 5.56 Å². The van der Waals surface area contributed by atoms with Crippen LogP contribution in [-0.2, 0) is 6.42 Å². The molecule has 0 radical (unpaired) electrons. The van der Waals surface area contributed by atoms with Gasteiger partial charge in [-0.3, -0.25) is 0 Å². The molecule has 2 aromatic rings. The summed E-state index contributed by atoms with van der Waals surface area (Å²) >= 11 is 5.98. The van der Waals surface area contributed by atoms with Crippen LogP contribution in [0, 0.1) is 0 Å². The number of nitrogens with two attached hydrogens (primary N) is 1. The maximum atomic E-state index is 5.98. The minimum atomic E-state index is -0.271. The predicted molar refractivity (Wildman–Crippen MR) is 83.6 cm³/mol. The molecule has 0 spiro atoms. The van der Waals surface area contributed by atoms with Crippen molar-refractivity contribution < 1.29 is 10.2 Å². The first-order chi connectivity index (χ1) is 9.20. The Balaban J connectivity index is 0.00000147. The lowest BCUT2D eigenvalue weighted by Gasteiger charge is -2.27. The molecular weight excluding hydrogens is 274 g/mol. The lowest BCUT2D eigenvalue weighted by molar-refractivity contribution is 0.407. The van der Waals surface area contributed by atoms with E-state index in [0.29, 0.717) is 5.92 Å². The quantitative estimate of drug-likeness (QED) is 0.698. The number of methoxy groups -OCH3 is 1. The van der Waals surface area contributed by atoms with Crippen LogP contribution in [0.25, 0.3) is 10.8 Å². The van der Waals surface area contributed by atoms with E-state index in [1.807, 2.05) is 0 Å². The van der Waals surface area contributed by atoms with Crippen molar-refractivity contribution in [1.29, 1.82) is 0 Å². The fourth-order valence-corrected chi connectivity index (χ4v) is 3.45. The van der Waals surface area contributed by atoms with Crippen LogP contribution in [0.5, 0.6) is 5.75 Å². The van der Waals surface area contributed by atoms with E-state index in [4.69, 9.17) is 22.1 Å². The van der Waals surface area contributed by atoms with Crippen molar-refractivity contribution in [2.45, 2.75) is 30.7 Å². The van der Waals surface area contributed by atoms with Crippen molar-refractivity contribution in [1.82, 2.24) is 0 Å². The normalized spacial score (nSPS) is 18.4. The molecule has 0 aromatic heterocycles. The van der Waals surface area contributed by atoms with Crippen molar-refractivity contribution in [3.05, 3.63) is 41.5 Å². The predicted octanol–water partition coefficient (Wildman–Crippen LogP) is 2.97. The van der Waals surface area contributed by atoms with Crippen molar-refractivity contribution in [3.63, 3.8) is 0 Å². The molecule has 20 heavy (non-hydrogen) atoms. The van der Waals surface area contributed by atoms with E-state index in [2.05, 4.69) is 30.3 Å². The summed E-state index contributed by atoms with van der Waals surface area (Å²) in [5, 5.41) is 2.62. The zero-order chi connectivity index (χ0) is 13.4. The van der Waals surface area contributed by atoms with Crippen LogP contribution in [0.1, 0.15) is 29.9 Å². The molecule has 0 aliphatic heterocycles. The molecule has 0 saturated heterocycles. The Morgan fingerprint density at radius 1 is 1.35 bits per heavy atom. The van der Waals surface area contributed by atoms with Gasteiger partial charge in [0.1, 0.15) is 5.75 Å². The minimum Gasteiger partial charge on any atom is -0.496 e. The summed E-state index contributed by atoms with van der Waals surface area (Å²) in [6.07, 6.45) is 2.95. The van der Waals surface area contributed by atoms with E-state index < -0.39 is 0 Å². The van der Waals surface area contributed by atoms with Gasteiger partial charge < -0.3 is 15.9 Å². The number of halogens is 1. The van der Waals surface area contributed by atoms with Gasteiger partial charge in [-0.05, 0) is 47.6 Å². The third-order valence-corrected chi connectivity index (χ3v) is 4.23. The van der Waals surface area contributed by atoms with Gasteiger partial charge in [0.15, 0.2) is 0 Å². The molecule has 2 unspecified atom stereocenters. The second kappa shape index (κ2) is 6.00. The van der Waals surface area contributed by atoms with Crippen molar-refractivity contribution in [3.8, 4) is 5.75 Å². The lowest BCUT2D eigenvalue weighted by Crippen LogP contribution is -2.19. The van der Waals surface area contributed by atoms with Crippen LogP contribution in [-0.4, -0.2) is 18.1 Å². The third-order valence-electron chi connectivity index (χ3n) is 4.05. The van der Waals surface area contributed by atoms with Crippen LogP contribution in [0.3, 0.4) is 0 Å². The number of benzene rings is 2. The van der Waals surface area contributed by atoms with Crippen LogP contribution < -0.4 is 10.5 Å². The largest absolute Gasteiger partial charge is 0.496 e. The van der Waals surface area contributed by atoms with Crippen LogP contribution in [0.4, 0.5) is 0 Å². The standard InChI is InChI=1S/C16H18ClNO.H2O/c1-19-14-8-6-10-3-2-4-12-11(9-15(17)18)5-7-13(14)16(10)12;/h2-4,6,8,11,15H,5,7,9,18H2,1H3;1H2. The fourth-order valence-electron chi connectivity index (χ4n) is 3.24. The number of alkyl halides is 1. The molecule has 4 N–H and O–H groups in total. The van der Waals surface area contributed by atoms with E-state index in [-0.39, 0.29) is 11.0 Å². The molecular formula is C16H20ClNO2. The topological polar surface area (TPSA) is 66.8 Å². The fraction of sp³-hybridized carbons (Fsp3) is 0.375. The summed E-state index contributed by atoms with van der Waals surface area (Å²) in [5.74, 6) is 1.45. The van der Waals surface area contributed by atoms with E-state index in [1.165, 1.54) is 21.9 Å².